The number of rotatable bonds is 7. The minimum atomic E-state index is -0.922. The lowest BCUT2D eigenvalue weighted by Gasteiger charge is -2.18. The molecule has 8 nitrogen and oxygen atoms in total. The van der Waals surface area contributed by atoms with E-state index < -0.39 is 17.9 Å². The number of carbonyl (C=O) groups excluding carboxylic acids is 2. The molecular weight excluding hydrogens is 338 g/mol. The van der Waals surface area contributed by atoms with Crippen molar-refractivity contribution in [1.82, 2.24) is 15.3 Å². The Morgan fingerprint density at radius 1 is 1.27 bits per heavy atom. The third-order valence-corrected chi connectivity index (χ3v) is 3.67. The van der Waals surface area contributed by atoms with Gasteiger partial charge in [-0.25, -0.2) is 9.78 Å². The molecule has 0 fully saturated rings. The molecular formula is C18H19N3O5. The molecule has 1 atom stereocenters. The highest BCUT2D eigenvalue weighted by Crippen LogP contribution is 2.30. The lowest BCUT2D eigenvalue weighted by atomic mass is 10.1. The maximum atomic E-state index is 12.8. The first-order chi connectivity index (χ1) is 12.5. The van der Waals surface area contributed by atoms with E-state index >= 15 is 0 Å². The number of carbonyl (C=O) groups is 2. The van der Waals surface area contributed by atoms with Gasteiger partial charge >= 0.3 is 5.97 Å². The second-order valence-corrected chi connectivity index (χ2v) is 5.23. The largest absolute Gasteiger partial charge is 0.496 e. The van der Waals surface area contributed by atoms with Crippen LogP contribution in [0.1, 0.15) is 21.6 Å². The molecule has 2 aromatic rings. The van der Waals surface area contributed by atoms with E-state index in [1.54, 1.807) is 18.3 Å². The molecule has 1 aromatic heterocycles. The van der Waals surface area contributed by atoms with E-state index in [-0.39, 0.29) is 23.5 Å². The first kappa shape index (κ1) is 18.9. The summed E-state index contributed by atoms with van der Waals surface area (Å²) >= 11 is 0. The molecule has 1 heterocycles. The van der Waals surface area contributed by atoms with Crippen LogP contribution in [0.3, 0.4) is 0 Å². The number of nitrogens with one attached hydrogen (secondary N) is 2. The Balaban J connectivity index is 2.34. The van der Waals surface area contributed by atoms with Crippen molar-refractivity contribution in [3.8, 4) is 23.8 Å². The number of benzene rings is 1. The summed E-state index contributed by atoms with van der Waals surface area (Å²) in [5.74, 6) is 1.79. The van der Waals surface area contributed by atoms with Crippen LogP contribution in [0.25, 0.3) is 0 Å². The predicted octanol–water partition coefficient (Wildman–Crippen LogP) is 0.922. The van der Waals surface area contributed by atoms with Crippen molar-refractivity contribution in [3.63, 3.8) is 0 Å². The van der Waals surface area contributed by atoms with Crippen LogP contribution in [0.4, 0.5) is 0 Å². The average molecular weight is 357 g/mol. The van der Waals surface area contributed by atoms with Crippen LogP contribution < -0.4 is 14.8 Å². The van der Waals surface area contributed by atoms with Gasteiger partial charge in [0.25, 0.3) is 5.91 Å². The first-order valence-electron chi connectivity index (χ1n) is 7.62. The highest BCUT2D eigenvalue weighted by molar-refractivity contribution is 6.01. The Morgan fingerprint density at radius 3 is 2.38 bits per heavy atom. The highest BCUT2D eigenvalue weighted by atomic mass is 16.5. The molecule has 0 bridgehead atoms. The van der Waals surface area contributed by atoms with Crippen molar-refractivity contribution in [1.29, 1.82) is 0 Å². The van der Waals surface area contributed by atoms with E-state index in [9.17, 15) is 9.59 Å². The van der Waals surface area contributed by atoms with Crippen LogP contribution in [-0.4, -0.2) is 49.2 Å². The van der Waals surface area contributed by atoms with E-state index in [0.717, 1.165) is 0 Å². The summed E-state index contributed by atoms with van der Waals surface area (Å²) in [6.07, 6.45) is 8.63. The number of ether oxygens (including phenoxy) is 3. The summed E-state index contributed by atoms with van der Waals surface area (Å²) in [5.41, 5.74) is 1.30. The van der Waals surface area contributed by atoms with Gasteiger partial charge in [-0.15, -0.1) is 6.42 Å². The Labute approximate surface area is 150 Å². The van der Waals surface area contributed by atoms with Gasteiger partial charge in [-0.05, 0) is 12.1 Å². The smallest absolute Gasteiger partial charge is 0.328 e. The van der Waals surface area contributed by atoms with Gasteiger partial charge in [0.1, 0.15) is 23.1 Å². The minimum Gasteiger partial charge on any atom is -0.496 e. The Kier molecular flexibility index (Phi) is 6.22. The van der Waals surface area contributed by atoms with E-state index in [1.165, 1.54) is 27.7 Å². The van der Waals surface area contributed by atoms with Crippen LogP contribution >= 0.6 is 0 Å². The molecule has 0 radical (unpaired) electrons. The van der Waals surface area contributed by atoms with Crippen LogP contribution in [0.5, 0.6) is 11.5 Å². The fourth-order valence-corrected chi connectivity index (χ4v) is 2.40. The molecule has 8 heteroatoms. The van der Waals surface area contributed by atoms with Crippen molar-refractivity contribution in [2.75, 3.05) is 21.3 Å². The average Bonchev–Trinajstić information content (AvgIpc) is 3.18. The number of nitrogens with zero attached hydrogens (tertiary/aromatic N) is 1. The van der Waals surface area contributed by atoms with Gasteiger partial charge in [0.05, 0.1) is 27.7 Å². The summed E-state index contributed by atoms with van der Waals surface area (Å²) in [6.45, 7) is 0. The van der Waals surface area contributed by atoms with Crippen LogP contribution in [0.2, 0.25) is 0 Å². The Morgan fingerprint density at radius 2 is 1.92 bits per heavy atom. The number of terminal acetylenes is 1. The number of amides is 1. The van der Waals surface area contributed by atoms with Crippen LogP contribution in [-0.2, 0) is 16.0 Å². The number of H-pyrrole nitrogens is 1. The third kappa shape index (κ3) is 4.13. The molecule has 0 aliphatic heterocycles. The zero-order valence-electron chi connectivity index (χ0n) is 14.7. The van der Waals surface area contributed by atoms with Gasteiger partial charge < -0.3 is 24.5 Å². The lowest BCUT2D eigenvalue weighted by molar-refractivity contribution is -0.142. The summed E-state index contributed by atoms with van der Waals surface area (Å²) in [7, 11) is 4.07. The summed E-state index contributed by atoms with van der Waals surface area (Å²) in [5, 5.41) is 2.64. The van der Waals surface area contributed by atoms with E-state index in [2.05, 4.69) is 21.2 Å². The standard InChI is InChI=1S/C18H19N3O5/c1-5-11-6-14(24-2)16(15(7-11)25-3)17(22)21-13(18(23)26-4)8-12-9-19-10-20-12/h1,6-7,9-10,13H,8H2,2-4H3,(H,19,20)(H,21,22)/t13-/m1/s1. The molecule has 2 N–H and O–H groups in total. The quantitative estimate of drug-likeness (QED) is 0.564. The van der Waals surface area contributed by atoms with Crippen molar-refractivity contribution in [3.05, 3.63) is 41.5 Å². The number of esters is 1. The monoisotopic (exact) mass is 357 g/mol. The number of aromatic nitrogens is 2. The van der Waals surface area contributed by atoms with Gasteiger partial charge in [0.2, 0.25) is 0 Å². The molecule has 1 aromatic carbocycles. The van der Waals surface area contributed by atoms with Gasteiger partial charge in [-0.3, -0.25) is 4.79 Å². The molecule has 2 rings (SSSR count). The normalized spacial score (nSPS) is 11.2. The highest BCUT2D eigenvalue weighted by Gasteiger charge is 2.27. The predicted molar refractivity (Wildman–Crippen MR) is 93.0 cm³/mol. The third-order valence-electron chi connectivity index (χ3n) is 3.67. The summed E-state index contributed by atoms with van der Waals surface area (Å²) < 4.78 is 15.3. The SMILES string of the molecule is C#Cc1cc(OC)c(C(=O)N[C@H](Cc2cnc[nH]2)C(=O)OC)c(OC)c1. The topological polar surface area (TPSA) is 103 Å². The van der Waals surface area contributed by atoms with E-state index in [0.29, 0.717) is 11.3 Å². The van der Waals surface area contributed by atoms with Gasteiger partial charge in [0, 0.05) is 23.9 Å². The van der Waals surface area contributed by atoms with Crippen molar-refractivity contribution in [2.45, 2.75) is 12.5 Å². The maximum absolute atomic E-state index is 12.8. The molecule has 0 spiro atoms. The number of aromatic amines is 1. The molecule has 0 unspecified atom stereocenters. The molecule has 26 heavy (non-hydrogen) atoms. The van der Waals surface area contributed by atoms with E-state index in [4.69, 9.17) is 20.6 Å². The molecule has 1 amide bonds. The molecule has 0 aliphatic carbocycles. The molecule has 136 valence electrons. The summed E-state index contributed by atoms with van der Waals surface area (Å²) in [6, 6.07) is 2.16. The first-order valence-corrected chi connectivity index (χ1v) is 7.62. The van der Waals surface area contributed by atoms with Crippen molar-refractivity contribution < 1.29 is 23.8 Å². The Bertz CT molecular complexity index is 799. The number of hydrogen-bond donors (Lipinski definition) is 2. The molecule has 0 aliphatic rings. The van der Waals surface area contributed by atoms with E-state index in [1.807, 2.05) is 0 Å². The van der Waals surface area contributed by atoms with Gasteiger partial charge in [-0.1, -0.05) is 5.92 Å². The molecule has 0 saturated heterocycles. The zero-order valence-corrected chi connectivity index (χ0v) is 14.7. The molecule has 0 saturated carbocycles. The fraction of sp³-hybridized carbons (Fsp3) is 0.278. The second kappa shape index (κ2) is 8.58. The van der Waals surface area contributed by atoms with Gasteiger partial charge in [-0.2, -0.15) is 0 Å². The Hall–Kier alpha value is -3.47. The fourth-order valence-electron chi connectivity index (χ4n) is 2.40. The number of methoxy groups -OCH3 is 3. The number of imidazole rings is 1. The maximum Gasteiger partial charge on any atom is 0.328 e. The lowest BCUT2D eigenvalue weighted by Crippen LogP contribution is -2.43. The van der Waals surface area contributed by atoms with Crippen LogP contribution in [0.15, 0.2) is 24.7 Å². The van der Waals surface area contributed by atoms with Crippen molar-refractivity contribution >= 4 is 11.9 Å². The number of hydrogen-bond acceptors (Lipinski definition) is 6. The van der Waals surface area contributed by atoms with Crippen molar-refractivity contribution in [2.24, 2.45) is 0 Å². The van der Waals surface area contributed by atoms with Gasteiger partial charge in [0.15, 0.2) is 0 Å². The zero-order chi connectivity index (χ0) is 19.1. The summed E-state index contributed by atoms with van der Waals surface area (Å²) in [4.78, 5) is 31.6. The second-order valence-electron chi connectivity index (χ2n) is 5.23. The van der Waals surface area contributed by atoms with Crippen LogP contribution in [0, 0.1) is 12.3 Å². The minimum absolute atomic E-state index is 0.132.